The highest BCUT2D eigenvalue weighted by molar-refractivity contribution is 7.89. The van der Waals surface area contributed by atoms with Crippen LogP contribution in [-0.2, 0) is 10.0 Å². The summed E-state index contributed by atoms with van der Waals surface area (Å²) < 4.78 is 33.9. The second-order valence-corrected chi connectivity index (χ2v) is 8.79. The number of nitrogens with one attached hydrogen (secondary N) is 1. The summed E-state index contributed by atoms with van der Waals surface area (Å²) in [5, 5.41) is 9.93. The number of likely N-dealkylation sites (tertiary alicyclic amines) is 1. The van der Waals surface area contributed by atoms with Gasteiger partial charge in [0.1, 0.15) is 10.6 Å². The van der Waals surface area contributed by atoms with Crippen molar-refractivity contribution < 1.29 is 17.9 Å². The van der Waals surface area contributed by atoms with Crippen molar-refractivity contribution >= 4 is 22.0 Å². The van der Waals surface area contributed by atoms with Crippen LogP contribution in [0.15, 0.2) is 48.7 Å². The molecule has 2 bridgehead atoms. The SMILES string of the molecule is C=COc1cc(C=C)ccc1S(=O)(=O)N1C2CCC1CN(C(=O)c1cn[nH]n1)C2. The van der Waals surface area contributed by atoms with Crippen molar-refractivity contribution in [2.75, 3.05) is 13.1 Å². The summed E-state index contributed by atoms with van der Waals surface area (Å²) in [7, 11) is -3.82. The fraction of sp³-hybridized carbons (Fsp3) is 0.316. The number of piperazine rings is 1. The number of carbonyl (C=O) groups excluding carboxylic acids is 1. The lowest BCUT2D eigenvalue weighted by Gasteiger charge is -2.39. The second-order valence-electron chi connectivity index (χ2n) is 6.98. The van der Waals surface area contributed by atoms with E-state index < -0.39 is 10.0 Å². The van der Waals surface area contributed by atoms with Crippen LogP contribution in [0.4, 0.5) is 0 Å². The monoisotopic (exact) mass is 415 g/mol. The number of hydrogen-bond acceptors (Lipinski definition) is 6. The Bertz CT molecular complexity index is 1040. The molecule has 2 saturated heterocycles. The Morgan fingerprint density at radius 2 is 1.97 bits per heavy atom. The van der Waals surface area contributed by atoms with Gasteiger partial charge in [0.25, 0.3) is 5.91 Å². The first kappa shape index (κ1) is 19.3. The summed E-state index contributed by atoms with van der Waals surface area (Å²) in [5.74, 6) is -0.0448. The summed E-state index contributed by atoms with van der Waals surface area (Å²) in [4.78, 5) is 14.3. The first-order chi connectivity index (χ1) is 14.0. The minimum Gasteiger partial charge on any atom is -0.464 e. The van der Waals surface area contributed by atoms with Gasteiger partial charge in [-0.1, -0.05) is 25.3 Å². The molecule has 1 N–H and O–H groups in total. The average Bonchev–Trinajstić information content (AvgIpc) is 3.34. The molecule has 2 aliphatic rings. The average molecular weight is 415 g/mol. The quantitative estimate of drug-likeness (QED) is 0.719. The van der Waals surface area contributed by atoms with E-state index in [1.54, 1.807) is 23.1 Å². The van der Waals surface area contributed by atoms with Crippen LogP contribution in [0.25, 0.3) is 6.08 Å². The van der Waals surface area contributed by atoms with Gasteiger partial charge < -0.3 is 9.64 Å². The lowest BCUT2D eigenvalue weighted by molar-refractivity contribution is 0.0609. The molecule has 0 radical (unpaired) electrons. The number of H-pyrrole nitrogens is 1. The maximum absolute atomic E-state index is 13.5. The van der Waals surface area contributed by atoms with Crippen molar-refractivity contribution in [3.05, 3.63) is 55.1 Å². The van der Waals surface area contributed by atoms with E-state index in [0.29, 0.717) is 25.9 Å². The van der Waals surface area contributed by atoms with Crippen LogP contribution in [0.1, 0.15) is 28.9 Å². The highest BCUT2D eigenvalue weighted by Crippen LogP contribution is 2.38. The van der Waals surface area contributed by atoms with Gasteiger partial charge in [-0.15, -0.1) is 0 Å². The predicted octanol–water partition coefficient (Wildman–Crippen LogP) is 1.65. The van der Waals surface area contributed by atoms with Gasteiger partial charge in [-0.25, -0.2) is 8.42 Å². The number of fused-ring (bicyclic) bond motifs is 2. The minimum atomic E-state index is -3.82. The first-order valence-corrected chi connectivity index (χ1v) is 10.6. The van der Waals surface area contributed by atoms with Gasteiger partial charge in [0, 0.05) is 25.2 Å². The number of nitrogens with zero attached hydrogens (tertiary/aromatic N) is 4. The molecule has 152 valence electrons. The van der Waals surface area contributed by atoms with Gasteiger partial charge in [0.05, 0.1) is 12.5 Å². The van der Waals surface area contributed by atoms with E-state index >= 15 is 0 Å². The van der Waals surface area contributed by atoms with Gasteiger partial charge in [-0.2, -0.15) is 19.7 Å². The fourth-order valence-electron chi connectivity index (χ4n) is 4.05. The van der Waals surface area contributed by atoms with Crippen molar-refractivity contribution in [2.24, 2.45) is 0 Å². The highest BCUT2D eigenvalue weighted by atomic mass is 32.2. The van der Waals surface area contributed by atoms with Gasteiger partial charge >= 0.3 is 0 Å². The summed E-state index contributed by atoms with van der Waals surface area (Å²) in [6, 6.07) is 4.23. The molecule has 1 aromatic heterocycles. The molecule has 1 amide bonds. The Morgan fingerprint density at radius 1 is 1.24 bits per heavy atom. The number of aromatic nitrogens is 3. The van der Waals surface area contributed by atoms with Crippen molar-refractivity contribution in [1.29, 1.82) is 0 Å². The Kier molecular flexibility index (Phi) is 4.97. The molecule has 2 unspecified atom stereocenters. The molecule has 2 aromatic rings. The topological polar surface area (TPSA) is 108 Å². The smallest absolute Gasteiger partial charge is 0.276 e. The third-order valence-corrected chi connectivity index (χ3v) is 7.35. The van der Waals surface area contributed by atoms with E-state index in [1.807, 2.05) is 0 Å². The number of sulfonamides is 1. The maximum atomic E-state index is 13.5. The van der Waals surface area contributed by atoms with E-state index in [2.05, 4.69) is 28.6 Å². The molecule has 2 aliphatic heterocycles. The number of benzene rings is 1. The van der Waals surface area contributed by atoms with Crippen LogP contribution >= 0.6 is 0 Å². The van der Waals surface area contributed by atoms with Crippen LogP contribution in [0.5, 0.6) is 5.75 Å². The molecular formula is C19H21N5O4S. The lowest BCUT2D eigenvalue weighted by atomic mass is 10.2. The van der Waals surface area contributed by atoms with Crippen molar-refractivity contribution in [2.45, 2.75) is 29.8 Å². The maximum Gasteiger partial charge on any atom is 0.276 e. The number of hydrogen-bond donors (Lipinski definition) is 1. The molecule has 9 nitrogen and oxygen atoms in total. The van der Waals surface area contributed by atoms with Crippen LogP contribution in [0.2, 0.25) is 0 Å². The van der Waals surface area contributed by atoms with E-state index in [9.17, 15) is 13.2 Å². The Labute approximate surface area is 168 Å². The molecular weight excluding hydrogens is 394 g/mol. The van der Waals surface area contributed by atoms with Crippen molar-refractivity contribution in [3.8, 4) is 5.75 Å². The molecule has 0 aliphatic carbocycles. The Morgan fingerprint density at radius 3 is 2.55 bits per heavy atom. The van der Waals surface area contributed by atoms with Gasteiger partial charge in [0.2, 0.25) is 10.0 Å². The van der Waals surface area contributed by atoms with Crippen LogP contribution < -0.4 is 4.74 Å². The number of amides is 1. The molecule has 29 heavy (non-hydrogen) atoms. The van der Waals surface area contributed by atoms with E-state index in [1.165, 1.54) is 22.8 Å². The third-order valence-electron chi connectivity index (χ3n) is 5.31. The zero-order chi connectivity index (χ0) is 20.6. The molecule has 0 saturated carbocycles. The molecule has 4 rings (SSSR count). The zero-order valence-corrected chi connectivity index (χ0v) is 16.5. The molecule has 10 heteroatoms. The summed E-state index contributed by atoms with van der Waals surface area (Å²) in [6.45, 7) is 7.85. The van der Waals surface area contributed by atoms with E-state index in [0.717, 1.165) is 5.56 Å². The van der Waals surface area contributed by atoms with E-state index in [4.69, 9.17) is 4.74 Å². The Hall–Kier alpha value is -2.98. The number of aromatic amines is 1. The lowest BCUT2D eigenvalue weighted by Crippen LogP contribution is -2.57. The summed E-state index contributed by atoms with van der Waals surface area (Å²) >= 11 is 0. The van der Waals surface area contributed by atoms with Gasteiger partial charge in [-0.05, 0) is 30.5 Å². The van der Waals surface area contributed by atoms with Crippen LogP contribution in [0.3, 0.4) is 0 Å². The summed E-state index contributed by atoms with van der Waals surface area (Å²) in [6.07, 6.45) is 5.56. The Balaban J connectivity index is 1.63. The van der Waals surface area contributed by atoms with Crippen molar-refractivity contribution in [1.82, 2.24) is 24.6 Å². The second kappa shape index (κ2) is 7.45. The van der Waals surface area contributed by atoms with E-state index in [-0.39, 0.29) is 34.3 Å². The first-order valence-electron chi connectivity index (χ1n) is 9.18. The van der Waals surface area contributed by atoms with Gasteiger partial charge in [-0.3, -0.25) is 4.79 Å². The molecule has 2 atom stereocenters. The number of rotatable bonds is 6. The summed E-state index contributed by atoms with van der Waals surface area (Å²) in [5.41, 5.74) is 0.967. The highest BCUT2D eigenvalue weighted by Gasteiger charge is 2.48. The van der Waals surface area contributed by atoms with Crippen LogP contribution in [0, 0.1) is 0 Å². The number of ether oxygens (including phenoxy) is 1. The van der Waals surface area contributed by atoms with Crippen LogP contribution in [-0.4, -0.2) is 64.1 Å². The minimum absolute atomic E-state index is 0.0798. The zero-order valence-electron chi connectivity index (χ0n) is 15.7. The molecule has 3 heterocycles. The predicted molar refractivity (Wildman–Crippen MR) is 105 cm³/mol. The molecule has 1 aromatic carbocycles. The molecule has 2 fully saturated rings. The molecule has 0 spiro atoms. The third kappa shape index (κ3) is 3.34. The normalized spacial score (nSPS) is 21.7. The fourth-order valence-corrected chi connectivity index (χ4v) is 6.01. The van der Waals surface area contributed by atoms with Crippen molar-refractivity contribution in [3.63, 3.8) is 0 Å². The standard InChI is InChI=1S/C19H21N5O4S/c1-3-13-5-8-18(17(9-13)28-4-2)29(26,27)24-14-6-7-15(24)12-23(11-14)19(25)16-10-20-22-21-16/h3-5,8-10,14-15H,1-2,6-7,11-12H2,(H,20,21,22). The van der Waals surface area contributed by atoms with Gasteiger partial charge in [0.15, 0.2) is 5.69 Å². The number of carbonyl (C=O) groups is 1. The largest absolute Gasteiger partial charge is 0.464 e.